The SMILES string of the molecule is CCCCN(C(=O)NC1CCN(Cc2ccc(Oc3ccc(NS(C)(=O)=O)cc3)cc2)CC1)c1cc(C#N)c(F)cc1F. The summed E-state index contributed by atoms with van der Waals surface area (Å²) in [7, 11) is -3.34. The van der Waals surface area contributed by atoms with Crippen LogP contribution in [0.15, 0.2) is 60.7 Å². The van der Waals surface area contributed by atoms with Gasteiger partial charge in [-0.1, -0.05) is 25.5 Å². The lowest BCUT2D eigenvalue weighted by molar-refractivity contribution is 0.188. The van der Waals surface area contributed by atoms with E-state index >= 15 is 0 Å². The molecule has 1 saturated heterocycles. The number of unbranched alkanes of at least 4 members (excludes halogenated alkanes) is 1. The van der Waals surface area contributed by atoms with Crippen molar-refractivity contribution in [1.82, 2.24) is 10.2 Å². The molecular weight excluding hydrogens is 576 g/mol. The van der Waals surface area contributed by atoms with Crippen LogP contribution in [-0.2, 0) is 16.6 Å². The van der Waals surface area contributed by atoms with E-state index in [0.717, 1.165) is 43.9 Å². The van der Waals surface area contributed by atoms with Crippen LogP contribution >= 0.6 is 0 Å². The number of benzene rings is 3. The van der Waals surface area contributed by atoms with Gasteiger partial charge in [0.15, 0.2) is 0 Å². The molecule has 1 aliphatic rings. The van der Waals surface area contributed by atoms with Crippen molar-refractivity contribution in [3.63, 3.8) is 0 Å². The Hall–Kier alpha value is -4.21. The maximum absolute atomic E-state index is 14.6. The van der Waals surface area contributed by atoms with E-state index in [9.17, 15) is 27.3 Å². The summed E-state index contributed by atoms with van der Waals surface area (Å²) < 4.78 is 59.5. The molecule has 0 unspecified atom stereocenters. The fraction of sp³-hybridized carbons (Fsp3) is 0.355. The average molecular weight is 612 g/mol. The number of nitrogens with one attached hydrogen (secondary N) is 2. The van der Waals surface area contributed by atoms with E-state index in [1.165, 1.54) is 4.90 Å². The molecule has 12 heteroatoms. The molecule has 1 aliphatic heterocycles. The van der Waals surface area contributed by atoms with Gasteiger partial charge in [-0.2, -0.15) is 5.26 Å². The van der Waals surface area contributed by atoms with Crippen LogP contribution in [0.2, 0.25) is 0 Å². The van der Waals surface area contributed by atoms with Crippen LogP contribution in [0.25, 0.3) is 0 Å². The number of likely N-dealkylation sites (tertiary alicyclic amines) is 1. The molecule has 0 spiro atoms. The molecule has 2 amide bonds. The van der Waals surface area contributed by atoms with Gasteiger partial charge in [0.05, 0.1) is 17.5 Å². The van der Waals surface area contributed by atoms with Gasteiger partial charge in [-0.05, 0) is 67.3 Å². The van der Waals surface area contributed by atoms with E-state index in [4.69, 9.17) is 4.74 Å². The quantitative estimate of drug-likeness (QED) is 0.276. The van der Waals surface area contributed by atoms with Gasteiger partial charge >= 0.3 is 6.03 Å². The van der Waals surface area contributed by atoms with E-state index in [-0.39, 0.29) is 23.8 Å². The normalized spacial score (nSPS) is 14.1. The number of carbonyl (C=O) groups excluding carboxylic acids is 1. The maximum Gasteiger partial charge on any atom is 0.322 e. The standard InChI is InChI=1S/C31H35F2N5O4S/c1-3-4-15-38(30-18-23(20-34)28(32)19-29(30)33)31(39)35-24-13-16-37(17-14-24)21-22-5-9-26(10-6-22)42-27-11-7-25(8-12-27)36-43(2,40)41/h5-12,18-19,24,36H,3-4,13-17,21H2,1-2H3,(H,35,39). The highest BCUT2D eigenvalue weighted by Crippen LogP contribution is 2.26. The van der Waals surface area contributed by atoms with Crippen molar-refractivity contribution in [2.45, 2.75) is 45.2 Å². The summed E-state index contributed by atoms with van der Waals surface area (Å²) in [5.74, 6) is -0.600. The largest absolute Gasteiger partial charge is 0.457 e. The second-order valence-electron chi connectivity index (χ2n) is 10.5. The summed E-state index contributed by atoms with van der Waals surface area (Å²) in [6.45, 7) is 4.45. The second kappa shape index (κ2) is 14.3. The highest BCUT2D eigenvalue weighted by molar-refractivity contribution is 7.92. The lowest BCUT2D eigenvalue weighted by Gasteiger charge is -2.34. The van der Waals surface area contributed by atoms with Gasteiger partial charge in [-0.3, -0.25) is 14.5 Å². The van der Waals surface area contributed by atoms with Crippen LogP contribution in [0.3, 0.4) is 0 Å². The van der Waals surface area contributed by atoms with Crippen molar-refractivity contribution >= 4 is 27.4 Å². The Kier molecular flexibility index (Phi) is 10.6. The molecule has 43 heavy (non-hydrogen) atoms. The molecule has 228 valence electrons. The Balaban J connectivity index is 1.28. The smallest absolute Gasteiger partial charge is 0.322 e. The summed E-state index contributed by atoms with van der Waals surface area (Å²) in [6.07, 6.45) is 3.93. The number of nitriles is 1. The topological polar surface area (TPSA) is 115 Å². The number of nitrogens with zero attached hydrogens (tertiary/aromatic N) is 3. The third-order valence-corrected chi connectivity index (χ3v) is 7.67. The molecule has 9 nitrogen and oxygen atoms in total. The third-order valence-electron chi connectivity index (χ3n) is 7.07. The zero-order chi connectivity index (χ0) is 31.0. The number of rotatable bonds is 11. The van der Waals surface area contributed by atoms with Crippen LogP contribution in [0.5, 0.6) is 11.5 Å². The maximum atomic E-state index is 14.6. The van der Waals surface area contributed by atoms with Crippen LogP contribution in [0.4, 0.5) is 25.0 Å². The van der Waals surface area contributed by atoms with Crippen LogP contribution in [-0.4, -0.2) is 51.3 Å². The number of anilines is 2. The van der Waals surface area contributed by atoms with Gasteiger partial charge < -0.3 is 10.1 Å². The zero-order valence-electron chi connectivity index (χ0n) is 24.1. The molecule has 2 N–H and O–H groups in total. The van der Waals surface area contributed by atoms with Crippen LogP contribution < -0.4 is 19.7 Å². The van der Waals surface area contributed by atoms with Gasteiger partial charge in [0.2, 0.25) is 10.0 Å². The Labute approximate surface area is 251 Å². The number of urea groups is 1. The first-order chi connectivity index (χ1) is 20.5. The number of amides is 2. The van der Waals surface area contributed by atoms with E-state index in [2.05, 4.69) is 14.9 Å². The Morgan fingerprint density at radius 2 is 1.67 bits per heavy atom. The molecule has 3 aromatic rings. The molecule has 3 aromatic carbocycles. The van der Waals surface area contributed by atoms with Gasteiger partial charge in [-0.15, -0.1) is 0 Å². The molecule has 0 aliphatic carbocycles. The van der Waals surface area contributed by atoms with E-state index in [1.807, 2.05) is 31.2 Å². The molecule has 0 aromatic heterocycles. The van der Waals surface area contributed by atoms with E-state index < -0.39 is 27.7 Å². The molecule has 1 heterocycles. The Morgan fingerprint density at radius 3 is 2.26 bits per heavy atom. The van der Waals surface area contributed by atoms with Crippen molar-refractivity contribution in [3.05, 3.63) is 83.4 Å². The first-order valence-corrected chi connectivity index (χ1v) is 16.0. The number of carbonyl (C=O) groups is 1. The number of hydrogen-bond donors (Lipinski definition) is 2. The number of halogens is 2. The summed E-state index contributed by atoms with van der Waals surface area (Å²) in [5.41, 5.74) is 1.15. The fourth-order valence-corrected chi connectivity index (χ4v) is 5.39. The van der Waals surface area contributed by atoms with Gasteiger partial charge in [0.1, 0.15) is 29.2 Å². The van der Waals surface area contributed by atoms with Crippen molar-refractivity contribution in [3.8, 4) is 17.6 Å². The first-order valence-electron chi connectivity index (χ1n) is 14.1. The van der Waals surface area contributed by atoms with Gasteiger partial charge in [-0.25, -0.2) is 22.0 Å². The van der Waals surface area contributed by atoms with Gasteiger partial charge in [0, 0.05) is 44.0 Å². The highest BCUT2D eigenvalue weighted by Gasteiger charge is 2.26. The first kappa shape index (κ1) is 31.7. The number of hydrogen-bond acceptors (Lipinski definition) is 6. The van der Waals surface area contributed by atoms with E-state index in [0.29, 0.717) is 42.5 Å². The number of piperidine rings is 1. The molecular formula is C31H35F2N5O4S. The fourth-order valence-electron chi connectivity index (χ4n) is 4.83. The minimum Gasteiger partial charge on any atom is -0.457 e. The zero-order valence-corrected chi connectivity index (χ0v) is 25.0. The summed E-state index contributed by atoms with van der Waals surface area (Å²) in [4.78, 5) is 16.7. The molecule has 1 fully saturated rings. The average Bonchev–Trinajstić information content (AvgIpc) is 2.96. The predicted octanol–water partition coefficient (Wildman–Crippen LogP) is 5.98. The minimum atomic E-state index is -3.34. The lowest BCUT2D eigenvalue weighted by Crippen LogP contribution is -2.49. The molecule has 4 rings (SSSR count). The minimum absolute atomic E-state index is 0.0957. The van der Waals surface area contributed by atoms with Crippen LogP contribution in [0.1, 0.15) is 43.7 Å². The van der Waals surface area contributed by atoms with Crippen molar-refractivity contribution in [2.24, 2.45) is 0 Å². The molecule has 0 atom stereocenters. The Bertz CT molecular complexity index is 1550. The second-order valence-corrected chi connectivity index (χ2v) is 12.3. The predicted molar refractivity (Wildman–Crippen MR) is 162 cm³/mol. The Morgan fingerprint density at radius 1 is 1.05 bits per heavy atom. The van der Waals surface area contributed by atoms with E-state index in [1.54, 1.807) is 30.3 Å². The third kappa shape index (κ3) is 9.14. The number of ether oxygens (including phenoxy) is 1. The van der Waals surface area contributed by atoms with Crippen LogP contribution in [0, 0.1) is 23.0 Å². The molecule has 0 bridgehead atoms. The summed E-state index contributed by atoms with van der Waals surface area (Å²) in [6, 6.07) is 17.3. The number of sulfonamides is 1. The van der Waals surface area contributed by atoms with Crippen molar-refractivity contribution in [2.75, 3.05) is 35.5 Å². The van der Waals surface area contributed by atoms with Crippen molar-refractivity contribution in [1.29, 1.82) is 5.26 Å². The molecule has 0 radical (unpaired) electrons. The molecule has 0 saturated carbocycles. The highest BCUT2D eigenvalue weighted by atomic mass is 32.2. The lowest BCUT2D eigenvalue weighted by atomic mass is 10.0. The monoisotopic (exact) mass is 611 g/mol. The summed E-state index contributed by atoms with van der Waals surface area (Å²) in [5, 5.41) is 12.2. The van der Waals surface area contributed by atoms with Gasteiger partial charge in [0.25, 0.3) is 0 Å². The van der Waals surface area contributed by atoms with Crippen molar-refractivity contribution < 1.29 is 26.7 Å². The summed E-state index contributed by atoms with van der Waals surface area (Å²) >= 11 is 0.